The molecule has 3 aromatic rings. The van der Waals surface area contributed by atoms with Gasteiger partial charge in [0.15, 0.2) is 0 Å². The zero-order valence-electron chi connectivity index (χ0n) is 22.2. The fourth-order valence-corrected chi connectivity index (χ4v) is 3.53. The molecule has 40 heavy (non-hydrogen) atoms. The second-order valence-electron chi connectivity index (χ2n) is 9.73. The number of nitrogens with one attached hydrogen (secondary N) is 1. The van der Waals surface area contributed by atoms with Crippen LogP contribution in [-0.4, -0.2) is 52.6 Å². The van der Waals surface area contributed by atoms with E-state index < -0.39 is 35.3 Å². The van der Waals surface area contributed by atoms with Crippen LogP contribution in [0, 0.1) is 0 Å². The molecule has 0 saturated carbocycles. The average Bonchev–Trinajstić information content (AvgIpc) is 3.22. The van der Waals surface area contributed by atoms with Gasteiger partial charge in [-0.3, -0.25) is 0 Å². The summed E-state index contributed by atoms with van der Waals surface area (Å²) in [5.74, 6) is -0.963. The van der Waals surface area contributed by atoms with E-state index in [1.165, 1.54) is 23.1 Å². The van der Waals surface area contributed by atoms with Gasteiger partial charge in [0.1, 0.15) is 11.4 Å². The summed E-state index contributed by atoms with van der Waals surface area (Å²) in [7, 11) is 1.58. The molecule has 216 valence electrons. The summed E-state index contributed by atoms with van der Waals surface area (Å²) in [6.07, 6.45) is -5.34. The second kappa shape index (κ2) is 12.5. The van der Waals surface area contributed by atoms with Crippen molar-refractivity contribution in [2.45, 2.75) is 45.5 Å². The number of alkyl halides is 3. The van der Waals surface area contributed by atoms with Crippen molar-refractivity contribution in [3.63, 3.8) is 0 Å². The molecule has 0 aliphatic heterocycles. The summed E-state index contributed by atoms with van der Waals surface area (Å²) in [6, 6.07) is 8.39. The maximum Gasteiger partial charge on any atom is 0.437 e. The Hall–Kier alpha value is -4.00. The van der Waals surface area contributed by atoms with E-state index in [0.29, 0.717) is 23.6 Å². The Morgan fingerprint density at radius 1 is 1.12 bits per heavy atom. The third-order valence-corrected chi connectivity index (χ3v) is 5.49. The molecular formula is C26H28ClF3N4O6. The number of hydrogen-bond acceptors (Lipinski definition) is 7. The van der Waals surface area contributed by atoms with Crippen molar-refractivity contribution in [2.75, 3.05) is 20.1 Å². The Morgan fingerprint density at radius 2 is 1.80 bits per heavy atom. The largest absolute Gasteiger partial charge is 0.444 e. The zero-order valence-corrected chi connectivity index (χ0v) is 22.9. The summed E-state index contributed by atoms with van der Waals surface area (Å²) < 4.78 is 55.2. The predicted molar refractivity (Wildman–Crippen MR) is 139 cm³/mol. The molecule has 10 nitrogen and oxygen atoms in total. The molecule has 2 amide bonds. The van der Waals surface area contributed by atoms with E-state index in [1.54, 1.807) is 27.8 Å². The van der Waals surface area contributed by atoms with Gasteiger partial charge in [0, 0.05) is 36.3 Å². The SMILES string of the molecule is CN(CCCNC(=O)Oc1ccc(Cl)cc1Cn1nc(-c2ccc(C(F)(F)F)cc2)oc1=O)C(=O)OC(C)(C)C. The van der Waals surface area contributed by atoms with Gasteiger partial charge in [0.05, 0.1) is 12.1 Å². The van der Waals surface area contributed by atoms with E-state index in [9.17, 15) is 27.6 Å². The van der Waals surface area contributed by atoms with Gasteiger partial charge in [0.2, 0.25) is 5.89 Å². The Kier molecular flexibility index (Phi) is 9.51. The van der Waals surface area contributed by atoms with Crippen LogP contribution in [-0.2, 0) is 17.5 Å². The fourth-order valence-electron chi connectivity index (χ4n) is 3.33. The molecule has 1 N–H and O–H groups in total. The van der Waals surface area contributed by atoms with E-state index in [2.05, 4.69) is 10.4 Å². The molecule has 0 atom stereocenters. The standard InChI is InChI=1S/C26H28ClF3N4O6/c1-25(2,3)40-23(36)33(4)13-5-12-31-22(35)38-20-11-10-19(27)14-17(20)15-34-24(37)39-21(32-34)16-6-8-18(9-7-16)26(28,29)30/h6-11,14H,5,12-13,15H2,1-4H3,(H,31,35). The van der Waals surface area contributed by atoms with Gasteiger partial charge in [0.25, 0.3) is 0 Å². The summed E-state index contributed by atoms with van der Waals surface area (Å²) in [4.78, 5) is 38.1. The van der Waals surface area contributed by atoms with Crippen molar-refractivity contribution in [2.24, 2.45) is 0 Å². The number of aromatic nitrogens is 2. The molecule has 0 unspecified atom stereocenters. The maximum absolute atomic E-state index is 12.8. The Labute approximate surface area is 232 Å². The van der Waals surface area contributed by atoms with Crippen LogP contribution in [0.3, 0.4) is 0 Å². The molecule has 3 rings (SSSR count). The molecule has 0 radical (unpaired) electrons. The van der Waals surface area contributed by atoms with E-state index >= 15 is 0 Å². The highest BCUT2D eigenvalue weighted by Crippen LogP contribution is 2.30. The highest BCUT2D eigenvalue weighted by molar-refractivity contribution is 6.30. The molecule has 1 heterocycles. The second-order valence-corrected chi connectivity index (χ2v) is 10.2. The normalized spacial score (nSPS) is 11.7. The molecule has 14 heteroatoms. The molecule has 0 bridgehead atoms. The summed E-state index contributed by atoms with van der Waals surface area (Å²) in [5.41, 5.74) is -0.984. The minimum atomic E-state index is -4.51. The minimum Gasteiger partial charge on any atom is -0.444 e. The van der Waals surface area contributed by atoms with Crippen molar-refractivity contribution in [3.05, 3.63) is 69.2 Å². The summed E-state index contributed by atoms with van der Waals surface area (Å²) >= 11 is 6.09. The van der Waals surface area contributed by atoms with Crippen molar-refractivity contribution >= 4 is 23.8 Å². The van der Waals surface area contributed by atoms with E-state index in [4.69, 9.17) is 25.5 Å². The maximum atomic E-state index is 12.8. The lowest BCUT2D eigenvalue weighted by Crippen LogP contribution is -2.36. The van der Waals surface area contributed by atoms with Crippen LogP contribution in [0.25, 0.3) is 11.5 Å². The van der Waals surface area contributed by atoms with Gasteiger partial charge in [-0.2, -0.15) is 17.9 Å². The van der Waals surface area contributed by atoms with Crippen molar-refractivity contribution in [3.8, 4) is 17.2 Å². The molecule has 1 aromatic heterocycles. The van der Waals surface area contributed by atoms with Crippen molar-refractivity contribution < 1.29 is 36.7 Å². The van der Waals surface area contributed by atoms with Gasteiger partial charge < -0.3 is 24.1 Å². The third kappa shape index (κ3) is 8.76. The van der Waals surface area contributed by atoms with Crippen LogP contribution in [0.5, 0.6) is 5.75 Å². The van der Waals surface area contributed by atoms with Crippen LogP contribution in [0.1, 0.15) is 38.3 Å². The lowest BCUT2D eigenvalue weighted by Gasteiger charge is -2.24. The van der Waals surface area contributed by atoms with E-state index in [1.807, 2.05) is 0 Å². The van der Waals surface area contributed by atoms with Crippen LogP contribution in [0.4, 0.5) is 22.8 Å². The number of rotatable bonds is 8. The number of nitrogens with zero attached hydrogens (tertiary/aromatic N) is 3. The van der Waals surface area contributed by atoms with Crippen LogP contribution in [0.2, 0.25) is 5.02 Å². The van der Waals surface area contributed by atoms with Gasteiger partial charge in [-0.1, -0.05) is 11.6 Å². The highest BCUT2D eigenvalue weighted by Gasteiger charge is 2.30. The predicted octanol–water partition coefficient (Wildman–Crippen LogP) is 5.57. The highest BCUT2D eigenvalue weighted by atomic mass is 35.5. The Bertz CT molecular complexity index is 1400. The molecule has 0 aliphatic carbocycles. The van der Waals surface area contributed by atoms with Gasteiger partial charge in [-0.05, 0) is 69.7 Å². The Morgan fingerprint density at radius 3 is 2.42 bits per heavy atom. The molecule has 0 spiro atoms. The smallest absolute Gasteiger partial charge is 0.437 e. The van der Waals surface area contributed by atoms with Crippen molar-refractivity contribution in [1.29, 1.82) is 0 Å². The van der Waals surface area contributed by atoms with Crippen LogP contribution >= 0.6 is 11.6 Å². The van der Waals surface area contributed by atoms with Gasteiger partial charge >= 0.3 is 24.1 Å². The van der Waals surface area contributed by atoms with E-state index in [0.717, 1.165) is 28.9 Å². The lowest BCUT2D eigenvalue weighted by molar-refractivity contribution is -0.137. The van der Waals surface area contributed by atoms with Crippen molar-refractivity contribution in [1.82, 2.24) is 20.0 Å². The fraction of sp³-hybridized carbons (Fsp3) is 0.385. The first-order chi connectivity index (χ1) is 18.6. The summed E-state index contributed by atoms with van der Waals surface area (Å²) in [6.45, 7) is 5.62. The molecule has 0 fully saturated rings. The number of ether oxygens (including phenoxy) is 2. The average molecular weight is 585 g/mol. The first-order valence-electron chi connectivity index (χ1n) is 12.1. The van der Waals surface area contributed by atoms with Crippen LogP contribution < -0.4 is 15.8 Å². The summed E-state index contributed by atoms with van der Waals surface area (Å²) in [5, 5.41) is 6.92. The first kappa shape index (κ1) is 30.5. The third-order valence-electron chi connectivity index (χ3n) is 5.26. The number of benzene rings is 2. The Balaban J connectivity index is 1.62. The lowest BCUT2D eigenvalue weighted by atomic mass is 10.1. The first-order valence-corrected chi connectivity index (χ1v) is 12.4. The molecular weight excluding hydrogens is 557 g/mol. The zero-order chi connectivity index (χ0) is 29.7. The molecule has 0 saturated heterocycles. The topological polar surface area (TPSA) is 116 Å². The monoisotopic (exact) mass is 584 g/mol. The number of amides is 2. The molecule has 0 aliphatic rings. The minimum absolute atomic E-state index is 0.0961. The van der Waals surface area contributed by atoms with E-state index in [-0.39, 0.29) is 30.3 Å². The van der Waals surface area contributed by atoms with Crippen LogP contribution in [0.15, 0.2) is 51.7 Å². The number of carbonyl (C=O) groups excluding carboxylic acids is 2. The molecule has 2 aromatic carbocycles. The quantitative estimate of drug-likeness (QED) is 0.344. The number of carbonyl (C=O) groups is 2. The number of halogens is 4. The number of hydrogen-bond donors (Lipinski definition) is 1. The van der Waals surface area contributed by atoms with Gasteiger partial charge in [-0.25, -0.2) is 14.4 Å². The van der Waals surface area contributed by atoms with Gasteiger partial charge in [-0.15, -0.1) is 5.10 Å².